The number of carbonyl (C=O) groups excluding carboxylic acids is 1. The largest absolute Gasteiger partial charge is 0.460 e. The molecule has 0 radical (unpaired) electrons. The second kappa shape index (κ2) is 6.56. The number of anilines is 1. The van der Waals surface area contributed by atoms with Gasteiger partial charge in [-0.15, -0.1) is 0 Å². The second-order valence-electron chi connectivity index (χ2n) is 4.36. The normalized spacial score (nSPS) is 11.2. The summed E-state index contributed by atoms with van der Waals surface area (Å²) < 4.78 is 5.41. The minimum absolute atomic E-state index is 0.165. The van der Waals surface area contributed by atoms with Crippen molar-refractivity contribution in [2.75, 3.05) is 11.9 Å². The van der Waals surface area contributed by atoms with Gasteiger partial charge < -0.3 is 9.73 Å². The molecule has 1 heterocycles. The smallest absolute Gasteiger partial charge is 0.259 e. The molecule has 0 aliphatic carbocycles. The average Bonchev–Trinajstić information content (AvgIpc) is 2.90. The molecule has 1 aromatic carbocycles. The molecule has 104 valence electrons. The Hall–Kier alpha value is -2.56. The maximum absolute atomic E-state index is 11.6. The van der Waals surface area contributed by atoms with E-state index < -0.39 is 0 Å². The van der Waals surface area contributed by atoms with Gasteiger partial charge in [-0.2, -0.15) is 5.10 Å². The van der Waals surface area contributed by atoms with Crippen LogP contribution in [-0.2, 0) is 4.79 Å². The summed E-state index contributed by atoms with van der Waals surface area (Å²) in [7, 11) is 0. The zero-order chi connectivity index (χ0) is 14.4. The molecule has 5 heteroatoms. The van der Waals surface area contributed by atoms with Crippen LogP contribution in [0.15, 0.2) is 52.0 Å². The van der Waals surface area contributed by atoms with Gasteiger partial charge in [0.2, 0.25) is 0 Å². The number of nitrogens with zero attached hydrogens (tertiary/aromatic N) is 1. The van der Waals surface area contributed by atoms with Gasteiger partial charge in [0.1, 0.15) is 17.2 Å². The predicted octanol–water partition coefficient (Wildman–Crippen LogP) is 2.54. The fraction of sp³-hybridized carbons (Fsp3) is 0.200. The summed E-state index contributed by atoms with van der Waals surface area (Å²) in [6.07, 6.45) is 0. The maximum Gasteiger partial charge on any atom is 0.259 e. The molecular weight excluding hydrogens is 254 g/mol. The molecule has 1 amide bonds. The molecule has 0 aliphatic rings. The summed E-state index contributed by atoms with van der Waals surface area (Å²) in [5, 5.41) is 7.01. The summed E-state index contributed by atoms with van der Waals surface area (Å²) in [4.78, 5) is 11.6. The molecular formula is C15H17N3O2. The predicted molar refractivity (Wildman–Crippen MR) is 78.7 cm³/mol. The van der Waals surface area contributed by atoms with Gasteiger partial charge in [-0.1, -0.05) is 18.2 Å². The fourth-order valence-corrected chi connectivity index (χ4v) is 1.61. The Labute approximate surface area is 117 Å². The lowest BCUT2D eigenvalue weighted by Gasteiger charge is -2.05. The van der Waals surface area contributed by atoms with Gasteiger partial charge in [0, 0.05) is 5.69 Å². The average molecular weight is 271 g/mol. The lowest BCUT2D eigenvalue weighted by Crippen LogP contribution is -2.26. The SMILES string of the molecule is C/C(=N\NC(=O)CNc1ccccc1)c1ccc(C)o1. The van der Waals surface area contributed by atoms with E-state index in [4.69, 9.17) is 4.42 Å². The van der Waals surface area contributed by atoms with Crippen molar-refractivity contribution in [1.29, 1.82) is 0 Å². The lowest BCUT2D eigenvalue weighted by molar-refractivity contribution is -0.119. The van der Waals surface area contributed by atoms with Crippen molar-refractivity contribution in [3.8, 4) is 0 Å². The van der Waals surface area contributed by atoms with Crippen LogP contribution in [-0.4, -0.2) is 18.2 Å². The Kier molecular flexibility index (Phi) is 4.55. The first-order chi connectivity index (χ1) is 9.65. The Morgan fingerprint density at radius 1 is 1.20 bits per heavy atom. The van der Waals surface area contributed by atoms with Crippen LogP contribution in [0.1, 0.15) is 18.4 Å². The third-order valence-corrected chi connectivity index (χ3v) is 2.67. The number of furan rings is 1. The van der Waals surface area contributed by atoms with Crippen molar-refractivity contribution in [1.82, 2.24) is 5.43 Å². The number of para-hydroxylation sites is 1. The Balaban J connectivity index is 1.83. The van der Waals surface area contributed by atoms with Crippen molar-refractivity contribution in [3.63, 3.8) is 0 Å². The fourth-order valence-electron chi connectivity index (χ4n) is 1.61. The third-order valence-electron chi connectivity index (χ3n) is 2.67. The van der Waals surface area contributed by atoms with Crippen molar-refractivity contribution < 1.29 is 9.21 Å². The molecule has 0 atom stereocenters. The van der Waals surface area contributed by atoms with Crippen molar-refractivity contribution in [2.45, 2.75) is 13.8 Å². The van der Waals surface area contributed by atoms with Crippen LogP contribution >= 0.6 is 0 Å². The highest BCUT2D eigenvalue weighted by molar-refractivity contribution is 5.97. The van der Waals surface area contributed by atoms with Crippen LogP contribution in [0.2, 0.25) is 0 Å². The first-order valence-electron chi connectivity index (χ1n) is 6.34. The van der Waals surface area contributed by atoms with E-state index in [0.717, 1.165) is 11.4 Å². The highest BCUT2D eigenvalue weighted by Gasteiger charge is 2.04. The first kappa shape index (κ1) is 13.9. The van der Waals surface area contributed by atoms with Crippen LogP contribution in [0.3, 0.4) is 0 Å². The Bertz CT molecular complexity index is 603. The number of hydrogen-bond donors (Lipinski definition) is 2. The van der Waals surface area contributed by atoms with Gasteiger partial charge in [-0.25, -0.2) is 5.43 Å². The molecule has 1 aromatic heterocycles. The van der Waals surface area contributed by atoms with Crippen molar-refractivity contribution in [3.05, 3.63) is 54.0 Å². The molecule has 0 fully saturated rings. The van der Waals surface area contributed by atoms with E-state index in [0.29, 0.717) is 11.5 Å². The summed E-state index contributed by atoms with van der Waals surface area (Å²) >= 11 is 0. The quantitative estimate of drug-likeness (QED) is 0.648. The van der Waals surface area contributed by atoms with E-state index >= 15 is 0 Å². The van der Waals surface area contributed by atoms with Crippen LogP contribution in [0, 0.1) is 6.92 Å². The molecule has 0 unspecified atom stereocenters. The van der Waals surface area contributed by atoms with Crippen LogP contribution in [0.4, 0.5) is 5.69 Å². The lowest BCUT2D eigenvalue weighted by atomic mass is 10.3. The van der Waals surface area contributed by atoms with E-state index in [2.05, 4.69) is 15.8 Å². The van der Waals surface area contributed by atoms with Crippen molar-refractivity contribution in [2.24, 2.45) is 5.10 Å². The minimum atomic E-state index is -0.212. The summed E-state index contributed by atoms with van der Waals surface area (Å²) in [6.45, 7) is 3.81. The second-order valence-corrected chi connectivity index (χ2v) is 4.36. The molecule has 2 rings (SSSR count). The van der Waals surface area contributed by atoms with Gasteiger partial charge in [0.15, 0.2) is 0 Å². The van der Waals surface area contributed by atoms with Crippen LogP contribution < -0.4 is 10.7 Å². The monoisotopic (exact) mass is 271 g/mol. The molecule has 20 heavy (non-hydrogen) atoms. The number of hydrogen-bond acceptors (Lipinski definition) is 4. The number of benzene rings is 1. The molecule has 2 aromatic rings. The van der Waals surface area contributed by atoms with Gasteiger partial charge in [0.05, 0.1) is 6.54 Å². The number of hydrazone groups is 1. The first-order valence-corrected chi connectivity index (χ1v) is 6.34. The molecule has 0 bridgehead atoms. The minimum Gasteiger partial charge on any atom is -0.460 e. The topological polar surface area (TPSA) is 66.6 Å². The molecule has 0 saturated heterocycles. The molecule has 0 spiro atoms. The Morgan fingerprint density at radius 3 is 2.60 bits per heavy atom. The van der Waals surface area contributed by atoms with Gasteiger partial charge in [-0.3, -0.25) is 4.79 Å². The highest BCUT2D eigenvalue weighted by atomic mass is 16.3. The van der Waals surface area contributed by atoms with E-state index in [1.807, 2.05) is 49.4 Å². The zero-order valence-corrected chi connectivity index (χ0v) is 11.5. The van der Waals surface area contributed by atoms with Gasteiger partial charge >= 0.3 is 0 Å². The number of rotatable bonds is 5. The van der Waals surface area contributed by atoms with Gasteiger partial charge in [-0.05, 0) is 38.1 Å². The highest BCUT2D eigenvalue weighted by Crippen LogP contribution is 2.07. The molecule has 5 nitrogen and oxygen atoms in total. The molecule has 0 aliphatic heterocycles. The van der Waals surface area contributed by atoms with E-state index in [-0.39, 0.29) is 12.5 Å². The number of carbonyl (C=O) groups is 1. The van der Waals surface area contributed by atoms with Crippen molar-refractivity contribution >= 4 is 17.3 Å². The Morgan fingerprint density at radius 2 is 1.95 bits per heavy atom. The number of aryl methyl sites for hydroxylation is 1. The zero-order valence-electron chi connectivity index (χ0n) is 11.5. The van der Waals surface area contributed by atoms with Gasteiger partial charge in [0.25, 0.3) is 5.91 Å². The maximum atomic E-state index is 11.6. The number of nitrogens with one attached hydrogen (secondary N) is 2. The summed E-state index contributed by atoms with van der Waals surface area (Å²) in [5.74, 6) is 1.25. The molecule has 0 saturated carbocycles. The summed E-state index contributed by atoms with van der Waals surface area (Å²) in [5.41, 5.74) is 4.01. The van der Waals surface area contributed by atoms with E-state index in [1.54, 1.807) is 6.92 Å². The van der Waals surface area contributed by atoms with Crippen LogP contribution in [0.5, 0.6) is 0 Å². The summed E-state index contributed by atoms with van der Waals surface area (Å²) in [6, 6.07) is 13.2. The van der Waals surface area contributed by atoms with Crippen LogP contribution in [0.25, 0.3) is 0 Å². The third kappa shape index (κ3) is 3.98. The standard InChI is InChI=1S/C15H17N3O2/c1-11-8-9-14(20-11)12(2)17-18-15(19)10-16-13-6-4-3-5-7-13/h3-9,16H,10H2,1-2H3,(H,18,19)/b17-12+. The van der Waals surface area contributed by atoms with E-state index in [9.17, 15) is 4.79 Å². The number of amides is 1. The van der Waals surface area contributed by atoms with E-state index in [1.165, 1.54) is 0 Å². The molecule has 2 N–H and O–H groups in total.